The maximum absolute atomic E-state index is 13.3. The summed E-state index contributed by atoms with van der Waals surface area (Å²) in [5.41, 5.74) is 6.96. The summed E-state index contributed by atoms with van der Waals surface area (Å²) in [7, 11) is 2.17. The first-order valence-corrected chi connectivity index (χ1v) is 7.22. The lowest BCUT2D eigenvalue weighted by Gasteiger charge is -2.42. The van der Waals surface area contributed by atoms with Gasteiger partial charge in [-0.15, -0.1) is 0 Å². The normalized spacial score (nSPS) is 19.8. The van der Waals surface area contributed by atoms with E-state index >= 15 is 0 Å². The van der Waals surface area contributed by atoms with Crippen molar-refractivity contribution in [3.63, 3.8) is 0 Å². The Morgan fingerprint density at radius 2 is 2.05 bits per heavy atom. The molecule has 0 aromatic heterocycles. The van der Waals surface area contributed by atoms with Crippen LogP contribution in [0.25, 0.3) is 0 Å². The van der Waals surface area contributed by atoms with E-state index in [4.69, 9.17) is 5.73 Å². The zero-order valence-electron chi connectivity index (χ0n) is 12.0. The summed E-state index contributed by atoms with van der Waals surface area (Å²) in [5.74, 6) is -0.166. The van der Waals surface area contributed by atoms with Gasteiger partial charge < -0.3 is 5.73 Å². The Morgan fingerprint density at radius 1 is 1.37 bits per heavy atom. The van der Waals surface area contributed by atoms with Gasteiger partial charge in [0.15, 0.2) is 0 Å². The molecule has 1 aromatic rings. The summed E-state index contributed by atoms with van der Waals surface area (Å²) < 4.78 is 13.3. The topological polar surface area (TPSA) is 29.3 Å². The molecule has 1 fully saturated rings. The maximum atomic E-state index is 13.3. The Labute approximate surface area is 115 Å². The lowest BCUT2D eigenvalue weighted by atomic mass is 9.89. The van der Waals surface area contributed by atoms with Crippen LogP contribution in [0.2, 0.25) is 0 Å². The molecular weight excluding hydrogens is 239 g/mol. The van der Waals surface area contributed by atoms with Gasteiger partial charge in [0.2, 0.25) is 0 Å². The van der Waals surface area contributed by atoms with Crippen molar-refractivity contribution in [2.45, 2.75) is 50.6 Å². The molecule has 2 rings (SSSR count). The first kappa shape index (κ1) is 14.5. The predicted molar refractivity (Wildman–Crippen MR) is 77.6 cm³/mol. The fraction of sp³-hybridized carbons (Fsp3) is 0.625. The molecule has 1 aliphatic rings. The van der Waals surface area contributed by atoms with Gasteiger partial charge in [-0.25, -0.2) is 4.39 Å². The van der Waals surface area contributed by atoms with Gasteiger partial charge in [0, 0.05) is 18.1 Å². The third-order valence-corrected chi connectivity index (χ3v) is 4.64. The van der Waals surface area contributed by atoms with Gasteiger partial charge in [0.25, 0.3) is 0 Å². The zero-order chi connectivity index (χ0) is 13.9. The summed E-state index contributed by atoms with van der Waals surface area (Å²) in [4.78, 5) is 2.42. The monoisotopic (exact) mass is 264 g/mol. The molecule has 0 radical (unpaired) electrons. The summed E-state index contributed by atoms with van der Waals surface area (Å²) >= 11 is 0. The second-order valence-electron chi connectivity index (χ2n) is 6.06. The van der Waals surface area contributed by atoms with E-state index in [-0.39, 0.29) is 11.4 Å². The van der Waals surface area contributed by atoms with E-state index in [1.165, 1.54) is 31.7 Å². The van der Waals surface area contributed by atoms with Crippen molar-refractivity contribution in [3.8, 4) is 0 Å². The van der Waals surface area contributed by atoms with E-state index < -0.39 is 0 Å². The highest BCUT2D eigenvalue weighted by atomic mass is 19.1. The lowest BCUT2D eigenvalue weighted by molar-refractivity contribution is 0.0942. The quantitative estimate of drug-likeness (QED) is 0.886. The molecule has 0 heterocycles. The molecule has 1 unspecified atom stereocenters. The minimum atomic E-state index is -0.166. The Balaban J connectivity index is 2.12. The number of rotatable bonds is 5. The maximum Gasteiger partial charge on any atom is 0.123 e. The molecule has 1 saturated carbocycles. The van der Waals surface area contributed by atoms with Gasteiger partial charge in [-0.1, -0.05) is 25.0 Å². The van der Waals surface area contributed by atoms with Crippen molar-refractivity contribution in [1.82, 2.24) is 4.90 Å². The number of likely N-dealkylation sites (N-methyl/N-ethyl adjacent to an activating group) is 1. The Bertz CT molecular complexity index is 415. The molecule has 0 aliphatic heterocycles. The highest BCUT2D eigenvalue weighted by Gasteiger charge is 2.34. The zero-order valence-corrected chi connectivity index (χ0v) is 12.0. The lowest BCUT2D eigenvalue weighted by Crippen LogP contribution is -2.54. The van der Waals surface area contributed by atoms with Crippen molar-refractivity contribution < 1.29 is 4.39 Å². The van der Waals surface area contributed by atoms with Crippen LogP contribution in [0.3, 0.4) is 0 Å². The summed E-state index contributed by atoms with van der Waals surface area (Å²) in [6, 6.07) is 7.50. The SMILES string of the molecule is CN(C1CCCC1)C(C)(CN)Cc1cccc(F)c1. The molecular formula is C16H25FN2. The van der Waals surface area contributed by atoms with Crippen molar-refractivity contribution in [1.29, 1.82) is 0 Å². The second-order valence-corrected chi connectivity index (χ2v) is 6.06. The molecule has 1 aromatic carbocycles. The van der Waals surface area contributed by atoms with Gasteiger partial charge in [0.1, 0.15) is 5.82 Å². The Kier molecular flexibility index (Phi) is 4.58. The number of nitrogens with zero attached hydrogens (tertiary/aromatic N) is 1. The Hall–Kier alpha value is -0.930. The third-order valence-electron chi connectivity index (χ3n) is 4.64. The summed E-state index contributed by atoms with van der Waals surface area (Å²) in [5, 5.41) is 0. The first-order valence-electron chi connectivity index (χ1n) is 7.22. The van der Waals surface area contributed by atoms with E-state index in [0.29, 0.717) is 12.6 Å². The van der Waals surface area contributed by atoms with E-state index in [2.05, 4.69) is 18.9 Å². The largest absolute Gasteiger partial charge is 0.329 e. The van der Waals surface area contributed by atoms with E-state index in [9.17, 15) is 4.39 Å². The number of halogens is 1. The predicted octanol–water partition coefficient (Wildman–Crippen LogP) is 2.96. The highest BCUT2D eigenvalue weighted by Crippen LogP contribution is 2.29. The fourth-order valence-corrected chi connectivity index (χ4v) is 3.16. The number of hydrogen-bond donors (Lipinski definition) is 1. The fourth-order valence-electron chi connectivity index (χ4n) is 3.16. The summed E-state index contributed by atoms with van der Waals surface area (Å²) in [6.07, 6.45) is 5.95. The van der Waals surface area contributed by atoms with Gasteiger partial charge in [-0.05, 0) is 50.9 Å². The average Bonchev–Trinajstić information content (AvgIpc) is 2.91. The molecule has 2 N–H and O–H groups in total. The van der Waals surface area contributed by atoms with Gasteiger partial charge in [-0.2, -0.15) is 0 Å². The van der Waals surface area contributed by atoms with Gasteiger partial charge in [-0.3, -0.25) is 4.90 Å². The molecule has 0 bridgehead atoms. The van der Waals surface area contributed by atoms with Crippen molar-refractivity contribution in [2.75, 3.05) is 13.6 Å². The molecule has 106 valence electrons. The number of benzene rings is 1. The molecule has 1 atom stereocenters. The Morgan fingerprint density at radius 3 is 2.63 bits per heavy atom. The van der Waals surface area contributed by atoms with Crippen LogP contribution in [0, 0.1) is 5.82 Å². The molecule has 1 aliphatic carbocycles. The van der Waals surface area contributed by atoms with E-state index in [1.54, 1.807) is 12.1 Å². The standard InChI is InChI=1S/C16H25FN2/c1-16(12-18,19(2)15-8-3-4-9-15)11-13-6-5-7-14(17)10-13/h5-7,10,15H,3-4,8-9,11-12,18H2,1-2H3. The van der Waals surface area contributed by atoms with E-state index in [0.717, 1.165) is 12.0 Å². The molecule has 0 amide bonds. The van der Waals surface area contributed by atoms with Crippen LogP contribution in [0.1, 0.15) is 38.2 Å². The molecule has 0 saturated heterocycles. The minimum absolute atomic E-state index is 0.0944. The van der Waals surface area contributed by atoms with Crippen LogP contribution >= 0.6 is 0 Å². The highest BCUT2D eigenvalue weighted by molar-refractivity contribution is 5.19. The van der Waals surface area contributed by atoms with E-state index in [1.807, 2.05) is 6.07 Å². The third kappa shape index (κ3) is 3.34. The van der Waals surface area contributed by atoms with Gasteiger partial charge in [0.05, 0.1) is 0 Å². The summed E-state index contributed by atoms with van der Waals surface area (Å²) in [6.45, 7) is 2.78. The van der Waals surface area contributed by atoms with Crippen molar-refractivity contribution in [3.05, 3.63) is 35.6 Å². The van der Waals surface area contributed by atoms with Gasteiger partial charge >= 0.3 is 0 Å². The number of hydrogen-bond acceptors (Lipinski definition) is 2. The molecule has 19 heavy (non-hydrogen) atoms. The second kappa shape index (κ2) is 6.02. The smallest absolute Gasteiger partial charge is 0.123 e. The van der Waals surface area contributed by atoms with Crippen molar-refractivity contribution in [2.24, 2.45) is 5.73 Å². The van der Waals surface area contributed by atoms with Crippen LogP contribution in [-0.4, -0.2) is 30.1 Å². The van der Waals surface area contributed by atoms with Crippen LogP contribution in [0.5, 0.6) is 0 Å². The average molecular weight is 264 g/mol. The number of nitrogens with two attached hydrogens (primary N) is 1. The van der Waals surface area contributed by atoms with Crippen LogP contribution < -0.4 is 5.73 Å². The molecule has 3 heteroatoms. The molecule has 0 spiro atoms. The minimum Gasteiger partial charge on any atom is -0.329 e. The first-order chi connectivity index (χ1) is 9.05. The van der Waals surface area contributed by atoms with Crippen LogP contribution in [-0.2, 0) is 6.42 Å². The van der Waals surface area contributed by atoms with Crippen molar-refractivity contribution >= 4 is 0 Å². The van der Waals surface area contributed by atoms with Crippen LogP contribution in [0.15, 0.2) is 24.3 Å². The molecule has 2 nitrogen and oxygen atoms in total. The van der Waals surface area contributed by atoms with Crippen LogP contribution in [0.4, 0.5) is 4.39 Å².